The van der Waals surface area contributed by atoms with Crippen LogP contribution in [0.25, 0.3) is 6.08 Å². The number of rotatable bonds is 5. The zero-order chi connectivity index (χ0) is 23.8. The van der Waals surface area contributed by atoms with Crippen molar-refractivity contribution in [2.75, 3.05) is 11.5 Å². The van der Waals surface area contributed by atoms with Crippen molar-refractivity contribution in [3.05, 3.63) is 86.3 Å². The van der Waals surface area contributed by atoms with Gasteiger partial charge in [0, 0.05) is 10.8 Å². The van der Waals surface area contributed by atoms with E-state index in [1.165, 1.54) is 11.8 Å². The molecule has 0 saturated carbocycles. The molecule has 1 fully saturated rings. The van der Waals surface area contributed by atoms with E-state index in [4.69, 9.17) is 4.74 Å². The average molecular weight is 493 g/mol. The molecular weight excluding hydrogens is 472 g/mol. The van der Waals surface area contributed by atoms with Crippen molar-refractivity contribution in [1.82, 2.24) is 4.98 Å². The molecule has 3 heterocycles. The Labute approximate surface area is 203 Å². The van der Waals surface area contributed by atoms with Crippen molar-refractivity contribution < 1.29 is 19.1 Å². The Morgan fingerprint density at radius 1 is 1.06 bits per heavy atom. The summed E-state index contributed by atoms with van der Waals surface area (Å²) in [5.41, 5.74) is 1.32. The molecular formula is C25H20N2O5S2. The maximum atomic E-state index is 13.7. The normalized spacial score (nSPS) is 21.6. The van der Waals surface area contributed by atoms with Crippen molar-refractivity contribution in [3.63, 3.8) is 0 Å². The molecule has 0 radical (unpaired) electrons. The van der Waals surface area contributed by atoms with Crippen LogP contribution in [0.4, 0.5) is 5.69 Å². The van der Waals surface area contributed by atoms with Gasteiger partial charge in [0.05, 0.1) is 28.8 Å². The van der Waals surface area contributed by atoms with Gasteiger partial charge < -0.3 is 9.72 Å². The minimum Gasteiger partial charge on any atom is -0.462 e. The number of ether oxygens (including phenoxy) is 1. The number of fused-ring (bicyclic) bond motifs is 2. The number of imide groups is 1. The van der Waals surface area contributed by atoms with Crippen molar-refractivity contribution >= 4 is 52.6 Å². The highest BCUT2D eigenvalue weighted by Gasteiger charge is 2.55. The Morgan fingerprint density at radius 2 is 1.79 bits per heavy atom. The van der Waals surface area contributed by atoms with Crippen LogP contribution in [-0.4, -0.2) is 34.6 Å². The van der Waals surface area contributed by atoms with Crippen LogP contribution in [0.3, 0.4) is 0 Å². The number of carbonyl (C=O) groups is 3. The predicted molar refractivity (Wildman–Crippen MR) is 131 cm³/mol. The lowest BCUT2D eigenvalue weighted by Gasteiger charge is -2.27. The Hall–Kier alpha value is -3.43. The summed E-state index contributed by atoms with van der Waals surface area (Å²) in [5.74, 6) is -2.56. The SMILES string of the molecule is CCOC(=O)c1ccccc1N1C(=O)[C@H]2[C@H](/C=C/c3ccccc3)c3sc(=O)[nH]c3S[C@H]2C1=O. The number of aromatic nitrogens is 1. The standard InChI is InChI=1S/C25H20N2O5S2/c1-2-32-24(30)15-10-6-7-11-17(15)27-22(28)18-16(13-12-14-8-4-3-5-9-14)19-21(26-25(31)34-19)33-20(18)23(27)29/h3-13,16,18,20H,2H2,1H3,(H,26,31)/b13-12+/t16-,18-,20+/m0/s1. The van der Waals surface area contributed by atoms with Gasteiger partial charge in [-0.1, -0.05) is 77.7 Å². The van der Waals surface area contributed by atoms with Crippen LogP contribution in [0.15, 0.2) is 70.5 Å². The van der Waals surface area contributed by atoms with Gasteiger partial charge in [0.2, 0.25) is 11.8 Å². The minimum absolute atomic E-state index is 0.161. The first-order valence-electron chi connectivity index (χ1n) is 10.8. The number of allylic oxidation sites excluding steroid dienone is 1. The van der Waals surface area contributed by atoms with E-state index in [-0.39, 0.29) is 22.7 Å². The van der Waals surface area contributed by atoms with Gasteiger partial charge in [-0.05, 0) is 24.6 Å². The molecule has 9 heteroatoms. The summed E-state index contributed by atoms with van der Waals surface area (Å²) in [6.07, 6.45) is 3.79. The highest BCUT2D eigenvalue weighted by molar-refractivity contribution is 8.00. The summed E-state index contributed by atoms with van der Waals surface area (Å²) in [4.78, 5) is 56.4. The third-order valence-electron chi connectivity index (χ3n) is 5.81. The van der Waals surface area contributed by atoms with Gasteiger partial charge >= 0.3 is 10.8 Å². The maximum absolute atomic E-state index is 13.7. The summed E-state index contributed by atoms with van der Waals surface area (Å²) in [6.45, 7) is 1.87. The molecule has 5 rings (SSSR count). The molecule has 7 nitrogen and oxygen atoms in total. The number of nitrogens with one attached hydrogen (secondary N) is 1. The number of nitrogens with zero attached hydrogens (tertiary/aromatic N) is 1. The zero-order valence-corrected chi connectivity index (χ0v) is 19.7. The summed E-state index contributed by atoms with van der Waals surface area (Å²) in [5, 5.41) is -0.105. The molecule has 0 unspecified atom stereocenters. The third-order valence-corrected chi connectivity index (χ3v) is 8.23. The van der Waals surface area contributed by atoms with Crippen molar-refractivity contribution in [3.8, 4) is 0 Å². The fourth-order valence-electron chi connectivity index (χ4n) is 4.33. The van der Waals surface area contributed by atoms with Crippen LogP contribution in [0.1, 0.15) is 33.6 Å². The van der Waals surface area contributed by atoms with E-state index in [0.29, 0.717) is 5.03 Å². The van der Waals surface area contributed by atoms with Crippen LogP contribution in [-0.2, 0) is 14.3 Å². The maximum Gasteiger partial charge on any atom is 0.340 e. The molecule has 2 aromatic carbocycles. The number of esters is 1. The molecule has 172 valence electrons. The summed E-state index contributed by atoms with van der Waals surface area (Å²) < 4.78 is 5.13. The topological polar surface area (TPSA) is 96.5 Å². The number of carbonyl (C=O) groups excluding carboxylic acids is 3. The Balaban J connectivity index is 1.57. The molecule has 2 amide bonds. The molecule has 1 saturated heterocycles. The van der Waals surface area contributed by atoms with Gasteiger partial charge in [-0.2, -0.15) is 0 Å². The molecule has 0 aliphatic carbocycles. The molecule has 2 aliphatic heterocycles. The second-order valence-corrected chi connectivity index (χ2v) is 9.98. The number of hydrogen-bond donors (Lipinski definition) is 1. The van der Waals surface area contributed by atoms with E-state index in [2.05, 4.69) is 4.98 Å². The van der Waals surface area contributed by atoms with Crippen LogP contribution in [0.5, 0.6) is 0 Å². The van der Waals surface area contributed by atoms with Crippen LogP contribution in [0, 0.1) is 5.92 Å². The average Bonchev–Trinajstić information content (AvgIpc) is 3.33. The second-order valence-electron chi connectivity index (χ2n) is 7.82. The van der Waals surface area contributed by atoms with Crippen molar-refractivity contribution in [1.29, 1.82) is 0 Å². The number of thiazole rings is 1. The van der Waals surface area contributed by atoms with Crippen LogP contribution < -0.4 is 9.77 Å². The molecule has 1 aromatic heterocycles. The number of para-hydroxylation sites is 1. The fraction of sp³-hybridized carbons (Fsp3) is 0.200. The van der Waals surface area contributed by atoms with E-state index >= 15 is 0 Å². The predicted octanol–water partition coefficient (Wildman–Crippen LogP) is 4.07. The van der Waals surface area contributed by atoms with E-state index in [1.807, 2.05) is 42.5 Å². The highest BCUT2D eigenvalue weighted by atomic mass is 32.2. The van der Waals surface area contributed by atoms with Crippen LogP contribution >= 0.6 is 23.1 Å². The molecule has 2 aliphatic rings. The Morgan fingerprint density at radius 3 is 2.56 bits per heavy atom. The molecule has 3 atom stereocenters. The van der Waals surface area contributed by atoms with Gasteiger partial charge in [-0.3, -0.25) is 14.4 Å². The van der Waals surface area contributed by atoms with E-state index in [9.17, 15) is 19.2 Å². The molecule has 3 aromatic rings. The molecule has 34 heavy (non-hydrogen) atoms. The second kappa shape index (κ2) is 9.08. The fourth-order valence-corrected chi connectivity index (χ4v) is 6.82. The van der Waals surface area contributed by atoms with Gasteiger partial charge in [0.15, 0.2) is 0 Å². The first kappa shape index (κ1) is 22.4. The van der Waals surface area contributed by atoms with Gasteiger partial charge in [-0.25, -0.2) is 9.69 Å². The number of thioether (sulfide) groups is 1. The lowest BCUT2D eigenvalue weighted by Crippen LogP contribution is -2.33. The largest absolute Gasteiger partial charge is 0.462 e. The number of H-pyrrole nitrogens is 1. The molecule has 0 spiro atoms. The number of amides is 2. The monoisotopic (exact) mass is 492 g/mol. The molecule has 0 bridgehead atoms. The number of benzene rings is 2. The quantitative estimate of drug-likeness (QED) is 0.426. The van der Waals surface area contributed by atoms with E-state index < -0.39 is 34.9 Å². The summed E-state index contributed by atoms with van der Waals surface area (Å²) in [6, 6.07) is 16.1. The summed E-state index contributed by atoms with van der Waals surface area (Å²) >= 11 is 2.26. The van der Waals surface area contributed by atoms with Gasteiger partial charge in [-0.15, -0.1) is 0 Å². The number of hydrogen-bond acceptors (Lipinski definition) is 7. The first-order chi connectivity index (χ1) is 16.5. The number of aromatic amines is 1. The van der Waals surface area contributed by atoms with E-state index in [1.54, 1.807) is 31.2 Å². The smallest absolute Gasteiger partial charge is 0.340 e. The Kier molecular flexibility index (Phi) is 5.97. The number of anilines is 1. The first-order valence-corrected chi connectivity index (χ1v) is 12.5. The Bertz CT molecular complexity index is 1360. The highest BCUT2D eigenvalue weighted by Crippen LogP contribution is 2.51. The minimum atomic E-state index is -0.717. The van der Waals surface area contributed by atoms with Crippen LogP contribution in [0.2, 0.25) is 0 Å². The zero-order valence-electron chi connectivity index (χ0n) is 18.1. The van der Waals surface area contributed by atoms with Crippen molar-refractivity contribution in [2.24, 2.45) is 5.92 Å². The third kappa shape index (κ3) is 3.80. The molecule has 1 N–H and O–H groups in total. The lowest BCUT2D eigenvalue weighted by molar-refractivity contribution is -0.122. The van der Waals surface area contributed by atoms with Gasteiger partial charge in [0.1, 0.15) is 5.25 Å². The lowest BCUT2D eigenvalue weighted by atomic mass is 9.88. The van der Waals surface area contributed by atoms with Crippen molar-refractivity contribution in [2.45, 2.75) is 23.1 Å². The summed E-state index contributed by atoms with van der Waals surface area (Å²) in [7, 11) is 0. The van der Waals surface area contributed by atoms with E-state index in [0.717, 1.165) is 26.7 Å². The van der Waals surface area contributed by atoms with Gasteiger partial charge in [0.25, 0.3) is 0 Å².